The fourth-order valence-corrected chi connectivity index (χ4v) is 5.14. The fraction of sp³-hybridized carbons (Fsp3) is 0.250. The van der Waals surface area contributed by atoms with Crippen LogP contribution in [0.1, 0.15) is 24.1 Å². The van der Waals surface area contributed by atoms with Crippen molar-refractivity contribution in [2.75, 3.05) is 55.3 Å². The Labute approximate surface area is 271 Å². The number of rotatable bonds is 11. The molecule has 3 amide bonds. The standard InChI is InChI=1S/C32H34ClN9O4/c1-20(21-8-6-9-23(14-21)37-28(43)10-7-13-40(2)3)42-30-22(17-35-31(39-30)38-27-11-12-34-19-36-27)18-41(32(42)44)25-15-24(45-4)16-26(46-5)29(25)33/h6-12,14-17,19-20H,13,18H2,1-5H3,(H,37,43)(H,34,35,36,38,39)/b10-7+. The predicted molar refractivity (Wildman–Crippen MR) is 177 cm³/mol. The maximum Gasteiger partial charge on any atom is 0.331 e. The third-order valence-electron chi connectivity index (χ3n) is 7.16. The first-order valence-electron chi connectivity index (χ1n) is 14.3. The van der Waals surface area contributed by atoms with E-state index in [1.807, 2.05) is 44.1 Å². The first-order valence-corrected chi connectivity index (χ1v) is 14.7. The van der Waals surface area contributed by atoms with E-state index < -0.39 is 6.04 Å². The summed E-state index contributed by atoms with van der Waals surface area (Å²) in [5.74, 6) is 1.73. The number of ether oxygens (including phenoxy) is 2. The number of amides is 3. The highest BCUT2D eigenvalue weighted by Crippen LogP contribution is 2.43. The summed E-state index contributed by atoms with van der Waals surface area (Å²) < 4.78 is 10.9. The van der Waals surface area contributed by atoms with E-state index in [2.05, 4.69) is 25.6 Å². The average molecular weight is 644 g/mol. The molecular weight excluding hydrogens is 610 g/mol. The normalized spacial score (nSPS) is 13.5. The van der Waals surface area contributed by atoms with Gasteiger partial charge in [0.2, 0.25) is 11.9 Å². The van der Waals surface area contributed by atoms with E-state index in [9.17, 15) is 9.59 Å². The van der Waals surface area contributed by atoms with Crippen molar-refractivity contribution in [2.45, 2.75) is 19.5 Å². The number of likely N-dealkylation sites (N-methyl/N-ethyl adjacent to an activating group) is 1. The lowest BCUT2D eigenvalue weighted by molar-refractivity contribution is -0.111. The number of fused-ring (bicyclic) bond motifs is 1. The second-order valence-electron chi connectivity index (χ2n) is 10.6. The van der Waals surface area contributed by atoms with E-state index >= 15 is 0 Å². The topological polar surface area (TPSA) is 138 Å². The van der Waals surface area contributed by atoms with Crippen molar-refractivity contribution in [1.82, 2.24) is 24.8 Å². The van der Waals surface area contributed by atoms with Crippen LogP contribution in [0.2, 0.25) is 5.02 Å². The van der Waals surface area contributed by atoms with Crippen LogP contribution in [-0.4, -0.2) is 71.6 Å². The zero-order chi connectivity index (χ0) is 32.8. The number of anilines is 5. The number of carbonyl (C=O) groups is 2. The smallest absolute Gasteiger partial charge is 0.331 e. The summed E-state index contributed by atoms with van der Waals surface area (Å²) in [5.41, 5.74) is 2.42. The van der Waals surface area contributed by atoms with Gasteiger partial charge in [-0.1, -0.05) is 29.8 Å². The number of nitrogens with one attached hydrogen (secondary N) is 2. The molecule has 0 fully saturated rings. The van der Waals surface area contributed by atoms with Gasteiger partial charge < -0.3 is 25.0 Å². The van der Waals surface area contributed by atoms with Gasteiger partial charge in [-0.05, 0) is 44.8 Å². The number of hydrogen-bond acceptors (Lipinski definition) is 10. The number of carbonyl (C=O) groups excluding carboxylic acids is 2. The largest absolute Gasteiger partial charge is 0.497 e. The summed E-state index contributed by atoms with van der Waals surface area (Å²) in [7, 11) is 6.87. The summed E-state index contributed by atoms with van der Waals surface area (Å²) >= 11 is 6.75. The third kappa shape index (κ3) is 7.16. The Morgan fingerprint density at radius 3 is 2.70 bits per heavy atom. The summed E-state index contributed by atoms with van der Waals surface area (Å²) in [6.07, 6.45) is 7.94. The number of halogens is 1. The van der Waals surface area contributed by atoms with E-state index in [1.54, 1.807) is 47.6 Å². The van der Waals surface area contributed by atoms with Crippen molar-refractivity contribution >= 4 is 52.5 Å². The Balaban J connectivity index is 1.54. The summed E-state index contributed by atoms with van der Waals surface area (Å²) in [6, 6.07) is 11.4. The lowest BCUT2D eigenvalue weighted by Crippen LogP contribution is -2.49. The molecule has 1 unspecified atom stereocenters. The number of methoxy groups -OCH3 is 2. The lowest BCUT2D eigenvalue weighted by Gasteiger charge is -2.39. The monoisotopic (exact) mass is 643 g/mol. The summed E-state index contributed by atoms with van der Waals surface area (Å²) in [5, 5.41) is 6.22. The SMILES string of the molecule is COc1cc(OC)c(Cl)c(N2Cc3cnc(Nc4ccncn4)nc3N(C(C)c3cccc(NC(=O)/C=C/CN(C)C)c3)C2=O)c1. The van der Waals surface area contributed by atoms with Crippen molar-refractivity contribution in [2.24, 2.45) is 0 Å². The maximum absolute atomic E-state index is 14.5. The molecule has 238 valence electrons. The number of urea groups is 1. The van der Waals surface area contributed by atoms with Crippen LogP contribution >= 0.6 is 11.6 Å². The second kappa shape index (κ2) is 14.2. The lowest BCUT2D eigenvalue weighted by atomic mass is 10.0. The van der Waals surface area contributed by atoms with Gasteiger partial charge in [0.1, 0.15) is 34.5 Å². The van der Waals surface area contributed by atoms with Crippen LogP contribution < -0.4 is 29.9 Å². The first kappa shape index (κ1) is 32.1. The minimum Gasteiger partial charge on any atom is -0.497 e. The molecule has 0 spiro atoms. The van der Waals surface area contributed by atoms with Crippen molar-refractivity contribution in [3.05, 3.63) is 89.5 Å². The van der Waals surface area contributed by atoms with Crippen molar-refractivity contribution < 1.29 is 19.1 Å². The Hall–Kier alpha value is -5.27. The molecule has 1 atom stereocenters. The van der Waals surface area contributed by atoms with Gasteiger partial charge in [-0.3, -0.25) is 14.6 Å². The Kier molecular flexibility index (Phi) is 9.94. The maximum atomic E-state index is 14.5. The highest BCUT2D eigenvalue weighted by molar-refractivity contribution is 6.35. The molecule has 1 aliphatic heterocycles. The number of benzene rings is 2. The molecule has 14 heteroatoms. The van der Waals surface area contributed by atoms with E-state index in [-0.39, 0.29) is 29.5 Å². The molecule has 46 heavy (non-hydrogen) atoms. The van der Waals surface area contributed by atoms with Gasteiger partial charge in [-0.15, -0.1) is 0 Å². The van der Waals surface area contributed by atoms with E-state index in [0.29, 0.717) is 46.6 Å². The van der Waals surface area contributed by atoms with Gasteiger partial charge in [0.25, 0.3) is 0 Å². The van der Waals surface area contributed by atoms with Gasteiger partial charge in [-0.25, -0.2) is 19.7 Å². The molecule has 4 aromatic rings. The van der Waals surface area contributed by atoms with E-state index in [0.717, 1.165) is 5.56 Å². The Bertz CT molecular complexity index is 1750. The molecule has 2 N–H and O–H groups in total. The minimum absolute atomic E-state index is 0.136. The van der Waals surface area contributed by atoms with Crippen LogP contribution in [0.15, 0.2) is 73.3 Å². The number of aromatic nitrogens is 4. The van der Waals surface area contributed by atoms with Gasteiger partial charge >= 0.3 is 6.03 Å². The van der Waals surface area contributed by atoms with Crippen LogP contribution in [0.3, 0.4) is 0 Å². The Morgan fingerprint density at radius 1 is 1.15 bits per heavy atom. The molecule has 5 rings (SSSR count). The van der Waals surface area contributed by atoms with Gasteiger partial charge in [0.05, 0.1) is 32.5 Å². The average Bonchev–Trinajstić information content (AvgIpc) is 3.05. The zero-order valence-electron chi connectivity index (χ0n) is 26.1. The van der Waals surface area contributed by atoms with Gasteiger partial charge in [0.15, 0.2) is 0 Å². The number of hydrogen-bond donors (Lipinski definition) is 2. The molecule has 0 aliphatic carbocycles. The Morgan fingerprint density at radius 2 is 1.98 bits per heavy atom. The number of nitrogens with zero attached hydrogens (tertiary/aromatic N) is 7. The van der Waals surface area contributed by atoms with Crippen LogP contribution in [0, 0.1) is 0 Å². The van der Waals surface area contributed by atoms with Gasteiger partial charge in [-0.2, -0.15) is 4.98 Å². The van der Waals surface area contributed by atoms with Crippen molar-refractivity contribution in [3.63, 3.8) is 0 Å². The molecule has 3 heterocycles. The fourth-order valence-electron chi connectivity index (χ4n) is 4.85. The second-order valence-corrected chi connectivity index (χ2v) is 11.0. The van der Waals surface area contributed by atoms with E-state index in [4.69, 9.17) is 26.1 Å². The molecular formula is C32H34ClN9O4. The van der Waals surface area contributed by atoms with Crippen LogP contribution in [0.4, 0.5) is 33.8 Å². The third-order valence-corrected chi connectivity index (χ3v) is 7.54. The highest BCUT2D eigenvalue weighted by Gasteiger charge is 2.38. The molecule has 2 aromatic carbocycles. The minimum atomic E-state index is -0.539. The van der Waals surface area contributed by atoms with Crippen molar-refractivity contribution in [1.29, 1.82) is 0 Å². The molecule has 0 bridgehead atoms. The quantitative estimate of drug-likeness (QED) is 0.203. The molecule has 2 aromatic heterocycles. The van der Waals surface area contributed by atoms with Crippen LogP contribution in [0.5, 0.6) is 11.5 Å². The molecule has 0 saturated carbocycles. The predicted octanol–water partition coefficient (Wildman–Crippen LogP) is 5.44. The molecule has 13 nitrogen and oxygen atoms in total. The zero-order valence-corrected chi connectivity index (χ0v) is 26.8. The highest BCUT2D eigenvalue weighted by atomic mass is 35.5. The van der Waals surface area contributed by atoms with Crippen LogP contribution in [-0.2, 0) is 11.3 Å². The molecule has 0 saturated heterocycles. The summed E-state index contributed by atoms with van der Waals surface area (Å²) in [6.45, 7) is 2.66. The van der Waals surface area contributed by atoms with Crippen molar-refractivity contribution in [3.8, 4) is 11.5 Å². The van der Waals surface area contributed by atoms with Gasteiger partial charge in [0, 0.05) is 48.4 Å². The van der Waals surface area contributed by atoms with Crippen LogP contribution in [0.25, 0.3) is 0 Å². The summed E-state index contributed by atoms with van der Waals surface area (Å²) in [4.78, 5) is 49.5. The molecule has 1 aliphatic rings. The first-order chi connectivity index (χ1) is 22.2. The molecule has 0 radical (unpaired) electrons. The van der Waals surface area contributed by atoms with E-state index in [1.165, 1.54) is 31.5 Å².